The second kappa shape index (κ2) is 7.75. The van der Waals surface area contributed by atoms with Crippen LogP contribution in [-0.2, 0) is 19.6 Å². The second-order valence-corrected chi connectivity index (χ2v) is 12.9. The van der Waals surface area contributed by atoms with Crippen molar-refractivity contribution in [2.75, 3.05) is 7.05 Å². The van der Waals surface area contributed by atoms with E-state index in [1.54, 1.807) is 32.2 Å². The lowest BCUT2D eigenvalue weighted by atomic mass is 9.47. The van der Waals surface area contributed by atoms with Crippen LogP contribution in [0.4, 0.5) is 0 Å². The van der Waals surface area contributed by atoms with E-state index in [1.165, 1.54) is 13.1 Å². The van der Waals surface area contributed by atoms with Gasteiger partial charge in [-0.3, -0.25) is 14.6 Å². The Morgan fingerprint density at radius 2 is 1.76 bits per heavy atom. The van der Waals surface area contributed by atoms with Crippen molar-refractivity contribution in [3.63, 3.8) is 0 Å². The van der Waals surface area contributed by atoms with Gasteiger partial charge in [0, 0.05) is 30.1 Å². The Morgan fingerprint density at radius 3 is 2.41 bits per heavy atom. The minimum Gasteiger partial charge on any atom is -0.369 e. The molecule has 2 amide bonds. The summed E-state index contributed by atoms with van der Waals surface area (Å²) in [5.74, 6) is 0.322. The topological polar surface area (TPSA) is 122 Å². The van der Waals surface area contributed by atoms with E-state index in [2.05, 4.69) is 10.3 Å². The van der Waals surface area contributed by atoms with Gasteiger partial charge in [0.15, 0.2) is 0 Å². The van der Waals surface area contributed by atoms with Gasteiger partial charge in [-0.05, 0) is 75.8 Å². The highest BCUT2D eigenvalue weighted by atomic mass is 32.2. The molecule has 2 unspecified atom stereocenters. The Kier molecular flexibility index (Phi) is 5.29. The summed E-state index contributed by atoms with van der Waals surface area (Å²) in [4.78, 5) is 30.1. The van der Waals surface area contributed by atoms with Crippen molar-refractivity contribution in [2.24, 2.45) is 28.9 Å². The molecule has 2 aromatic rings. The number of nitrogens with two attached hydrogens (primary N) is 1. The van der Waals surface area contributed by atoms with Crippen LogP contribution >= 0.6 is 0 Å². The van der Waals surface area contributed by atoms with Crippen LogP contribution in [0.5, 0.6) is 0 Å². The Hall–Kier alpha value is -2.52. The number of hydrogen-bond acceptors (Lipinski definition) is 5. The van der Waals surface area contributed by atoms with Crippen LogP contribution in [0, 0.1) is 23.2 Å². The molecule has 0 radical (unpaired) electrons. The number of hydrogen-bond donors (Lipinski definition) is 2. The average molecular weight is 485 g/mol. The lowest BCUT2D eigenvalue weighted by molar-refractivity contribution is -0.148. The summed E-state index contributed by atoms with van der Waals surface area (Å²) in [7, 11) is -2.56. The second-order valence-electron chi connectivity index (χ2n) is 11.0. The number of pyridine rings is 1. The van der Waals surface area contributed by atoms with E-state index in [0.29, 0.717) is 24.3 Å². The molecule has 9 heteroatoms. The standard InChI is InChI=1S/C25H32N4O4S/c1-24(2,29(3)34(32,33)19-8-4-6-16-7-5-9-27-21(16)19)23(31)28-20-17-10-15-11-18(20)14-25(12-15,13-17)22(26)30/h4-9,15,17-18,20H,10-14H2,1-3H3,(H2,26,30)(H,28,31). The number of sulfonamides is 1. The molecule has 3 N–H and O–H groups in total. The quantitative estimate of drug-likeness (QED) is 0.652. The number of amides is 2. The molecule has 4 saturated carbocycles. The number of rotatable bonds is 6. The molecule has 1 aromatic carbocycles. The third-order valence-electron chi connectivity index (χ3n) is 8.67. The lowest BCUT2D eigenvalue weighted by Gasteiger charge is -2.59. The predicted molar refractivity (Wildman–Crippen MR) is 128 cm³/mol. The van der Waals surface area contributed by atoms with E-state index >= 15 is 0 Å². The van der Waals surface area contributed by atoms with Gasteiger partial charge in [0.25, 0.3) is 0 Å². The molecular formula is C25H32N4O4S. The number of carbonyl (C=O) groups excluding carboxylic acids is 2. The highest BCUT2D eigenvalue weighted by molar-refractivity contribution is 7.89. The summed E-state index contributed by atoms with van der Waals surface area (Å²) in [5.41, 5.74) is 4.40. The zero-order chi connectivity index (χ0) is 24.5. The number of likely N-dealkylation sites (N-methyl/N-ethyl adjacent to an activating group) is 1. The van der Waals surface area contributed by atoms with Crippen molar-refractivity contribution in [3.05, 3.63) is 36.5 Å². The van der Waals surface area contributed by atoms with Gasteiger partial charge in [-0.1, -0.05) is 18.2 Å². The van der Waals surface area contributed by atoms with E-state index < -0.39 is 21.0 Å². The number of primary amides is 1. The maximum Gasteiger partial charge on any atom is 0.245 e. The number of aromatic nitrogens is 1. The van der Waals surface area contributed by atoms with Gasteiger partial charge in [0.2, 0.25) is 21.8 Å². The molecule has 4 bridgehead atoms. The molecule has 2 atom stereocenters. The predicted octanol–water partition coefficient (Wildman–Crippen LogP) is 2.43. The molecule has 6 rings (SSSR count). The minimum atomic E-state index is -4.00. The van der Waals surface area contributed by atoms with Crippen LogP contribution in [0.1, 0.15) is 46.0 Å². The summed E-state index contributed by atoms with van der Waals surface area (Å²) in [6.45, 7) is 3.25. The van der Waals surface area contributed by atoms with Crippen molar-refractivity contribution in [3.8, 4) is 0 Å². The maximum atomic E-state index is 13.6. The third kappa shape index (κ3) is 3.43. The average Bonchev–Trinajstić information content (AvgIpc) is 2.79. The SMILES string of the molecule is CN(C(C)(C)C(=O)NC1C2CC3CC1CC(C(N)=O)(C3)C2)S(=O)(=O)c1cccc2cccnc12. The van der Waals surface area contributed by atoms with E-state index in [9.17, 15) is 18.0 Å². The highest BCUT2D eigenvalue weighted by Gasteiger charge is 2.58. The van der Waals surface area contributed by atoms with Gasteiger partial charge in [0.1, 0.15) is 10.4 Å². The largest absolute Gasteiger partial charge is 0.369 e. The van der Waals surface area contributed by atoms with Gasteiger partial charge in [-0.2, -0.15) is 4.31 Å². The van der Waals surface area contributed by atoms with Crippen molar-refractivity contribution in [1.82, 2.24) is 14.6 Å². The Labute approximate surface area is 200 Å². The zero-order valence-electron chi connectivity index (χ0n) is 19.8. The zero-order valence-corrected chi connectivity index (χ0v) is 20.6. The number of para-hydroxylation sites is 1. The van der Waals surface area contributed by atoms with Crippen molar-refractivity contribution < 1.29 is 18.0 Å². The smallest absolute Gasteiger partial charge is 0.245 e. The number of nitrogens with zero attached hydrogens (tertiary/aromatic N) is 2. The van der Waals surface area contributed by atoms with Crippen molar-refractivity contribution in [1.29, 1.82) is 0 Å². The fourth-order valence-corrected chi connectivity index (χ4v) is 8.41. The first-order chi connectivity index (χ1) is 16.0. The van der Waals surface area contributed by atoms with Crippen LogP contribution in [0.25, 0.3) is 10.9 Å². The lowest BCUT2D eigenvalue weighted by Crippen LogP contribution is -2.65. The summed E-state index contributed by atoms with van der Waals surface area (Å²) in [6.07, 6.45) is 5.79. The first kappa shape index (κ1) is 23.2. The molecule has 4 fully saturated rings. The molecule has 0 saturated heterocycles. The summed E-state index contributed by atoms with van der Waals surface area (Å²) in [6, 6.07) is 8.52. The van der Waals surface area contributed by atoms with E-state index in [-0.39, 0.29) is 34.6 Å². The fraction of sp³-hybridized carbons (Fsp3) is 0.560. The molecule has 34 heavy (non-hydrogen) atoms. The van der Waals surface area contributed by atoms with Gasteiger partial charge < -0.3 is 11.1 Å². The molecule has 0 aliphatic heterocycles. The molecular weight excluding hydrogens is 452 g/mol. The number of benzene rings is 1. The van der Waals surface area contributed by atoms with Gasteiger partial charge in [-0.25, -0.2) is 8.42 Å². The molecule has 4 aliphatic rings. The first-order valence-electron chi connectivity index (χ1n) is 11.9. The Bertz CT molecular complexity index is 1250. The summed E-state index contributed by atoms with van der Waals surface area (Å²) >= 11 is 0. The van der Waals surface area contributed by atoms with Gasteiger partial charge >= 0.3 is 0 Å². The number of carbonyl (C=O) groups is 2. The normalized spacial score (nSPS) is 30.6. The first-order valence-corrected chi connectivity index (χ1v) is 13.3. The molecule has 182 valence electrons. The molecule has 0 spiro atoms. The van der Waals surface area contributed by atoms with Crippen LogP contribution in [0.3, 0.4) is 0 Å². The molecule has 1 aromatic heterocycles. The summed E-state index contributed by atoms with van der Waals surface area (Å²) < 4.78 is 28.4. The van der Waals surface area contributed by atoms with Crippen LogP contribution in [0.15, 0.2) is 41.4 Å². The van der Waals surface area contributed by atoms with E-state index in [1.807, 2.05) is 12.1 Å². The van der Waals surface area contributed by atoms with E-state index in [4.69, 9.17) is 5.73 Å². The monoisotopic (exact) mass is 484 g/mol. The number of nitrogens with one attached hydrogen (secondary N) is 1. The van der Waals surface area contributed by atoms with Crippen molar-refractivity contribution >= 4 is 32.7 Å². The van der Waals surface area contributed by atoms with Crippen molar-refractivity contribution in [2.45, 2.75) is 62.4 Å². The minimum absolute atomic E-state index is 0.0638. The molecule has 1 heterocycles. The third-order valence-corrected chi connectivity index (χ3v) is 10.7. The Balaban J connectivity index is 1.39. The van der Waals surface area contributed by atoms with Gasteiger partial charge in [-0.15, -0.1) is 0 Å². The van der Waals surface area contributed by atoms with Gasteiger partial charge in [0.05, 0.1) is 5.52 Å². The highest BCUT2D eigenvalue weighted by Crippen LogP contribution is 2.60. The van der Waals surface area contributed by atoms with E-state index in [0.717, 1.165) is 29.0 Å². The summed E-state index contributed by atoms with van der Waals surface area (Å²) in [5, 5.41) is 3.91. The van der Waals surface area contributed by atoms with Crippen LogP contribution in [0.2, 0.25) is 0 Å². The Morgan fingerprint density at radius 1 is 1.12 bits per heavy atom. The van der Waals surface area contributed by atoms with Crippen LogP contribution in [-0.4, -0.2) is 48.1 Å². The molecule has 4 aliphatic carbocycles. The maximum absolute atomic E-state index is 13.6. The fourth-order valence-electron chi connectivity index (χ4n) is 6.77. The van der Waals surface area contributed by atoms with Crippen LogP contribution < -0.4 is 11.1 Å². The number of fused-ring (bicyclic) bond motifs is 1. The molecule has 8 nitrogen and oxygen atoms in total.